The van der Waals surface area contributed by atoms with Gasteiger partial charge >= 0.3 is 0 Å². The van der Waals surface area contributed by atoms with Crippen molar-refractivity contribution in [3.8, 4) is 5.75 Å². The summed E-state index contributed by atoms with van der Waals surface area (Å²) in [6.45, 7) is 1.02. The molecule has 0 aliphatic carbocycles. The average molecular weight is 165 g/mol. The Bertz CT molecular complexity index is 235. The lowest BCUT2D eigenvalue weighted by Gasteiger charge is -2.00. The third-order valence-electron chi connectivity index (χ3n) is 1.80. The van der Waals surface area contributed by atoms with E-state index < -0.39 is 0 Å². The lowest BCUT2D eigenvalue weighted by atomic mass is 10.1. The van der Waals surface area contributed by atoms with Crippen LogP contribution in [0, 0.1) is 0 Å². The zero-order valence-corrected chi connectivity index (χ0v) is 7.38. The zero-order valence-electron chi connectivity index (χ0n) is 7.38. The molecule has 0 unspecified atom stereocenters. The molecule has 1 rings (SSSR count). The van der Waals surface area contributed by atoms with E-state index in [4.69, 9.17) is 5.11 Å². The number of hydrogen-bond donors (Lipinski definition) is 2. The van der Waals surface area contributed by atoms with Gasteiger partial charge in [-0.15, -0.1) is 0 Å². The molecule has 0 fully saturated rings. The van der Waals surface area contributed by atoms with Crippen LogP contribution in [0.4, 0.5) is 0 Å². The summed E-state index contributed by atoms with van der Waals surface area (Å²) in [5.74, 6) is 0.358. The summed E-state index contributed by atoms with van der Waals surface area (Å²) in [5.41, 5.74) is 1.20. The molecule has 0 bridgehead atoms. The average Bonchev–Trinajstić information content (AvgIpc) is 2.05. The van der Waals surface area contributed by atoms with Gasteiger partial charge in [-0.05, 0) is 44.1 Å². The second-order valence-electron chi connectivity index (χ2n) is 2.88. The molecule has 0 radical (unpaired) electrons. The lowest BCUT2D eigenvalue weighted by Crippen LogP contribution is -2.08. The maximum Gasteiger partial charge on any atom is 0.115 e. The van der Waals surface area contributed by atoms with Gasteiger partial charge in [-0.1, -0.05) is 12.1 Å². The lowest BCUT2D eigenvalue weighted by molar-refractivity contribution is 0.474. The van der Waals surface area contributed by atoms with Crippen molar-refractivity contribution in [1.29, 1.82) is 0 Å². The summed E-state index contributed by atoms with van der Waals surface area (Å²) >= 11 is 0. The molecule has 2 nitrogen and oxygen atoms in total. The molecule has 0 saturated heterocycles. The summed E-state index contributed by atoms with van der Waals surface area (Å²) in [6.07, 6.45) is 2.13. The van der Waals surface area contributed by atoms with Crippen LogP contribution in [0.3, 0.4) is 0 Å². The van der Waals surface area contributed by atoms with Gasteiger partial charge in [0.2, 0.25) is 0 Å². The first kappa shape index (κ1) is 9.07. The van der Waals surface area contributed by atoms with Gasteiger partial charge in [0, 0.05) is 0 Å². The highest BCUT2D eigenvalue weighted by atomic mass is 16.3. The minimum absolute atomic E-state index is 0.358. The van der Waals surface area contributed by atoms with Gasteiger partial charge in [-0.2, -0.15) is 0 Å². The maximum atomic E-state index is 9.15. The number of benzene rings is 1. The SMILES string of the molecule is CNCCCc1cccc(O)c1. The van der Waals surface area contributed by atoms with E-state index in [0.29, 0.717) is 5.75 Å². The molecule has 1 aromatic carbocycles. The van der Waals surface area contributed by atoms with E-state index in [1.807, 2.05) is 25.2 Å². The van der Waals surface area contributed by atoms with Crippen molar-refractivity contribution in [3.63, 3.8) is 0 Å². The Hall–Kier alpha value is -1.02. The van der Waals surface area contributed by atoms with E-state index >= 15 is 0 Å². The van der Waals surface area contributed by atoms with Gasteiger partial charge in [-0.3, -0.25) is 0 Å². The highest BCUT2D eigenvalue weighted by Gasteiger charge is 1.93. The fourth-order valence-corrected chi connectivity index (χ4v) is 1.18. The van der Waals surface area contributed by atoms with Crippen molar-refractivity contribution in [3.05, 3.63) is 29.8 Å². The van der Waals surface area contributed by atoms with Gasteiger partial charge < -0.3 is 10.4 Å². The van der Waals surface area contributed by atoms with Crippen molar-refractivity contribution in [2.45, 2.75) is 12.8 Å². The summed E-state index contributed by atoms with van der Waals surface area (Å²) in [5, 5.41) is 12.2. The zero-order chi connectivity index (χ0) is 8.81. The van der Waals surface area contributed by atoms with Crippen molar-refractivity contribution < 1.29 is 5.11 Å². The smallest absolute Gasteiger partial charge is 0.115 e. The van der Waals surface area contributed by atoms with E-state index in [1.165, 1.54) is 5.56 Å². The van der Waals surface area contributed by atoms with Crippen LogP contribution in [-0.4, -0.2) is 18.7 Å². The Balaban J connectivity index is 2.41. The number of hydrogen-bond acceptors (Lipinski definition) is 2. The normalized spacial score (nSPS) is 10.1. The van der Waals surface area contributed by atoms with Crippen molar-refractivity contribution in [2.75, 3.05) is 13.6 Å². The van der Waals surface area contributed by atoms with Crippen LogP contribution >= 0.6 is 0 Å². The number of phenols is 1. The predicted octanol–water partition coefficient (Wildman–Crippen LogP) is 1.54. The molecule has 0 heterocycles. The van der Waals surface area contributed by atoms with Gasteiger partial charge in [0.15, 0.2) is 0 Å². The minimum atomic E-state index is 0.358. The number of aryl methyl sites for hydroxylation is 1. The maximum absolute atomic E-state index is 9.15. The predicted molar refractivity (Wildman–Crippen MR) is 50.4 cm³/mol. The van der Waals surface area contributed by atoms with E-state index in [1.54, 1.807) is 6.07 Å². The van der Waals surface area contributed by atoms with Gasteiger partial charge in [0.25, 0.3) is 0 Å². The molecule has 0 atom stereocenters. The fraction of sp³-hybridized carbons (Fsp3) is 0.400. The van der Waals surface area contributed by atoms with E-state index in [0.717, 1.165) is 19.4 Å². The summed E-state index contributed by atoms with van der Waals surface area (Å²) in [7, 11) is 1.95. The molecule has 0 saturated carbocycles. The fourth-order valence-electron chi connectivity index (χ4n) is 1.18. The number of rotatable bonds is 4. The third-order valence-corrected chi connectivity index (χ3v) is 1.80. The second-order valence-corrected chi connectivity index (χ2v) is 2.88. The van der Waals surface area contributed by atoms with E-state index in [9.17, 15) is 0 Å². The molecule has 0 amide bonds. The van der Waals surface area contributed by atoms with Gasteiger partial charge in [0.1, 0.15) is 5.75 Å². The van der Waals surface area contributed by atoms with Crippen LogP contribution in [0.2, 0.25) is 0 Å². The Morgan fingerprint density at radius 2 is 2.25 bits per heavy atom. The van der Waals surface area contributed by atoms with Gasteiger partial charge in [0.05, 0.1) is 0 Å². The molecular weight excluding hydrogens is 150 g/mol. The molecule has 0 aromatic heterocycles. The van der Waals surface area contributed by atoms with Crippen LogP contribution in [0.25, 0.3) is 0 Å². The summed E-state index contributed by atoms with van der Waals surface area (Å²) in [6, 6.07) is 7.43. The Kier molecular flexibility index (Phi) is 3.61. The summed E-state index contributed by atoms with van der Waals surface area (Å²) < 4.78 is 0. The minimum Gasteiger partial charge on any atom is -0.508 e. The highest BCUT2D eigenvalue weighted by molar-refractivity contribution is 5.27. The van der Waals surface area contributed by atoms with Gasteiger partial charge in [-0.25, -0.2) is 0 Å². The topological polar surface area (TPSA) is 32.3 Å². The molecule has 0 aliphatic heterocycles. The van der Waals surface area contributed by atoms with Crippen LogP contribution in [0.15, 0.2) is 24.3 Å². The standard InChI is InChI=1S/C10H15NO/c1-11-7-3-5-9-4-2-6-10(12)8-9/h2,4,6,8,11-12H,3,5,7H2,1H3. The van der Waals surface area contributed by atoms with Crippen molar-refractivity contribution >= 4 is 0 Å². The first-order valence-corrected chi connectivity index (χ1v) is 4.25. The summed E-state index contributed by atoms with van der Waals surface area (Å²) in [4.78, 5) is 0. The monoisotopic (exact) mass is 165 g/mol. The quantitative estimate of drug-likeness (QED) is 0.663. The first-order valence-electron chi connectivity index (χ1n) is 4.25. The molecule has 12 heavy (non-hydrogen) atoms. The molecule has 0 aliphatic rings. The Labute approximate surface area is 73.2 Å². The molecule has 1 aromatic rings. The van der Waals surface area contributed by atoms with Crippen LogP contribution in [0.5, 0.6) is 5.75 Å². The van der Waals surface area contributed by atoms with Crippen LogP contribution in [0.1, 0.15) is 12.0 Å². The number of phenolic OH excluding ortho intramolecular Hbond substituents is 1. The molecular formula is C10H15NO. The van der Waals surface area contributed by atoms with E-state index in [-0.39, 0.29) is 0 Å². The Morgan fingerprint density at radius 1 is 1.42 bits per heavy atom. The third kappa shape index (κ3) is 2.93. The first-order chi connectivity index (χ1) is 5.83. The number of aromatic hydroxyl groups is 1. The van der Waals surface area contributed by atoms with Crippen LogP contribution in [-0.2, 0) is 6.42 Å². The van der Waals surface area contributed by atoms with Crippen LogP contribution < -0.4 is 5.32 Å². The number of nitrogens with one attached hydrogen (secondary N) is 1. The molecule has 0 spiro atoms. The van der Waals surface area contributed by atoms with Crippen molar-refractivity contribution in [1.82, 2.24) is 5.32 Å². The Morgan fingerprint density at radius 3 is 2.92 bits per heavy atom. The molecule has 2 heteroatoms. The second kappa shape index (κ2) is 4.78. The molecule has 66 valence electrons. The van der Waals surface area contributed by atoms with Crippen molar-refractivity contribution in [2.24, 2.45) is 0 Å². The highest BCUT2D eigenvalue weighted by Crippen LogP contribution is 2.11. The van der Waals surface area contributed by atoms with E-state index in [2.05, 4.69) is 5.32 Å². The molecule has 2 N–H and O–H groups in total. The largest absolute Gasteiger partial charge is 0.508 e.